The summed E-state index contributed by atoms with van der Waals surface area (Å²) in [6.45, 7) is 6.09. The summed E-state index contributed by atoms with van der Waals surface area (Å²) in [5.41, 5.74) is 2.90. The van der Waals surface area contributed by atoms with E-state index in [1.54, 1.807) is 23.1 Å². The highest BCUT2D eigenvalue weighted by atomic mass is 16.5. The molecule has 1 fully saturated rings. The molecular weight excluding hydrogens is 404 g/mol. The Balaban J connectivity index is 1.65. The number of nitriles is 1. The van der Waals surface area contributed by atoms with Crippen LogP contribution in [0.3, 0.4) is 0 Å². The summed E-state index contributed by atoms with van der Waals surface area (Å²) in [7, 11) is 0. The summed E-state index contributed by atoms with van der Waals surface area (Å²) in [6, 6.07) is 8.04. The van der Waals surface area contributed by atoms with Crippen LogP contribution in [0.4, 0.5) is 5.82 Å². The van der Waals surface area contributed by atoms with Crippen molar-refractivity contribution in [1.82, 2.24) is 19.9 Å². The Morgan fingerprint density at radius 3 is 2.91 bits per heavy atom. The predicted molar refractivity (Wildman–Crippen MR) is 121 cm³/mol. The van der Waals surface area contributed by atoms with Crippen molar-refractivity contribution in [2.24, 2.45) is 5.92 Å². The smallest absolute Gasteiger partial charge is 0.295 e. The van der Waals surface area contributed by atoms with E-state index < -0.39 is 0 Å². The SMILES string of the molecule is C#CC(=O)NC1CC(C)CN(c2ccc(-c3cc(OCC)cn4ncc(C#N)c34)cn2)C1. The lowest BCUT2D eigenvalue weighted by atomic mass is 9.95. The molecule has 0 saturated carbocycles. The lowest BCUT2D eigenvalue weighted by Crippen LogP contribution is -2.50. The van der Waals surface area contributed by atoms with Crippen LogP contribution in [0.2, 0.25) is 0 Å². The van der Waals surface area contributed by atoms with E-state index in [1.165, 1.54) is 0 Å². The number of anilines is 1. The van der Waals surface area contributed by atoms with Crippen LogP contribution in [-0.2, 0) is 4.79 Å². The number of rotatable bonds is 5. The number of amides is 1. The van der Waals surface area contributed by atoms with Gasteiger partial charge in [-0.1, -0.05) is 6.92 Å². The molecule has 0 bridgehead atoms. The van der Waals surface area contributed by atoms with Gasteiger partial charge in [0.25, 0.3) is 5.91 Å². The Morgan fingerprint density at radius 2 is 2.22 bits per heavy atom. The minimum atomic E-state index is -0.389. The molecule has 4 rings (SSSR count). The van der Waals surface area contributed by atoms with E-state index in [-0.39, 0.29) is 11.9 Å². The molecule has 2 unspecified atom stereocenters. The maximum Gasteiger partial charge on any atom is 0.295 e. The third-order valence-corrected chi connectivity index (χ3v) is 5.53. The molecule has 1 aliphatic heterocycles. The van der Waals surface area contributed by atoms with E-state index in [9.17, 15) is 10.1 Å². The van der Waals surface area contributed by atoms with Crippen LogP contribution >= 0.6 is 0 Å². The monoisotopic (exact) mass is 428 g/mol. The summed E-state index contributed by atoms with van der Waals surface area (Å²) in [5, 5.41) is 16.7. The van der Waals surface area contributed by atoms with Crippen LogP contribution in [0.5, 0.6) is 5.75 Å². The molecule has 162 valence electrons. The molecule has 1 saturated heterocycles. The highest BCUT2D eigenvalue weighted by molar-refractivity contribution is 5.93. The number of nitrogens with zero attached hydrogens (tertiary/aromatic N) is 5. The molecule has 8 nitrogen and oxygen atoms in total. The fourth-order valence-corrected chi connectivity index (χ4v) is 4.25. The van der Waals surface area contributed by atoms with E-state index in [1.807, 2.05) is 25.1 Å². The Hall–Kier alpha value is -4.04. The van der Waals surface area contributed by atoms with E-state index in [4.69, 9.17) is 11.2 Å². The van der Waals surface area contributed by atoms with Crippen molar-refractivity contribution in [3.63, 3.8) is 0 Å². The fraction of sp³-hybridized carbons (Fsp3) is 0.333. The maximum absolute atomic E-state index is 11.6. The maximum atomic E-state index is 11.6. The molecule has 1 aliphatic rings. The van der Waals surface area contributed by atoms with E-state index in [0.29, 0.717) is 35.9 Å². The molecule has 2 atom stereocenters. The van der Waals surface area contributed by atoms with Crippen molar-refractivity contribution in [2.75, 3.05) is 24.6 Å². The molecule has 0 aromatic carbocycles. The van der Waals surface area contributed by atoms with Gasteiger partial charge in [-0.25, -0.2) is 9.50 Å². The summed E-state index contributed by atoms with van der Waals surface area (Å²) in [5.74, 6) is 3.61. The van der Waals surface area contributed by atoms with Crippen LogP contribution in [0.25, 0.3) is 16.6 Å². The normalized spacial score (nSPS) is 18.1. The van der Waals surface area contributed by atoms with Gasteiger partial charge in [0.15, 0.2) is 0 Å². The zero-order valence-corrected chi connectivity index (χ0v) is 18.1. The van der Waals surface area contributed by atoms with Crippen molar-refractivity contribution in [2.45, 2.75) is 26.3 Å². The second kappa shape index (κ2) is 8.99. The first-order valence-electron chi connectivity index (χ1n) is 10.5. The van der Waals surface area contributed by atoms with Crippen LogP contribution in [0.1, 0.15) is 25.8 Å². The second-order valence-corrected chi connectivity index (χ2v) is 7.95. The first-order chi connectivity index (χ1) is 15.5. The number of terminal acetylenes is 1. The first kappa shape index (κ1) is 21.2. The standard InChI is InChI=1S/C24H24N6O2/c1-4-23(31)28-19-8-16(3)13-29(14-19)22-7-6-17(11-26-22)21-9-20(32-5-2)15-30-24(21)18(10-25)12-27-30/h1,6-7,9,11-12,15-16,19H,5,8,13-14H2,2-3H3,(H,28,31). The molecule has 4 heterocycles. The average molecular weight is 428 g/mol. The van der Waals surface area contributed by atoms with Gasteiger partial charge >= 0.3 is 0 Å². The number of ether oxygens (including phenoxy) is 1. The number of pyridine rings is 2. The van der Waals surface area contributed by atoms with E-state index >= 15 is 0 Å². The molecule has 0 aliphatic carbocycles. The number of aromatic nitrogens is 3. The van der Waals surface area contributed by atoms with Gasteiger partial charge in [-0.05, 0) is 43.4 Å². The molecular formula is C24H24N6O2. The van der Waals surface area contributed by atoms with Gasteiger partial charge in [-0.3, -0.25) is 4.79 Å². The fourth-order valence-electron chi connectivity index (χ4n) is 4.25. The summed E-state index contributed by atoms with van der Waals surface area (Å²) in [6.07, 6.45) is 11.2. The Bertz CT molecular complexity index is 1220. The number of hydrogen-bond donors (Lipinski definition) is 1. The van der Waals surface area contributed by atoms with Gasteiger partial charge in [-0.15, -0.1) is 6.42 Å². The first-order valence-corrected chi connectivity index (χ1v) is 10.5. The lowest BCUT2D eigenvalue weighted by Gasteiger charge is -2.37. The van der Waals surface area contributed by atoms with Crippen LogP contribution < -0.4 is 15.0 Å². The van der Waals surface area contributed by atoms with Crippen LogP contribution in [0.15, 0.2) is 36.8 Å². The van der Waals surface area contributed by atoms with Crippen molar-refractivity contribution in [1.29, 1.82) is 5.26 Å². The zero-order chi connectivity index (χ0) is 22.7. The second-order valence-electron chi connectivity index (χ2n) is 7.95. The van der Waals surface area contributed by atoms with Crippen molar-refractivity contribution >= 4 is 17.2 Å². The number of carbonyl (C=O) groups is 1. The van der Waals surface area contributed by atoms with Crippen molar-refractivity contribution < 1.29 is 9.53 Å². The van der Waals surface area contributed by atoms with Gasteiger partial charge in [0.1, 0.15) is 17.6 Å². The average Bonchev–Trinajstić information content (AvgIpc) is 3.21. The van der Waals surface area contributed by atoms with Gasteiger partial charge in [-0.2, -0.15) is 10.4 Å². The Morgan fingerprint density at radius 1 is 1.38 bits per heavy atom. The number of piperidine rings is 1. The molecule has 3 aromatic heterocycles. The molecule has 0 spiro atoms. The third-order valence-electron chi connectivity index (χ3n) is 5.53. The van der Waals surface area contributed by atoms with E-state index in [0.717, 1.165) is 29.9 Å². The largest absolute Gasteiger partial charge is 0.492 e. The zero-order valence-electron chi connectivity index (χ0n) is 18.1. The predicted octanol–water partition coefficient (Wildman–Crippen LogP) is 2.63. The van der Waals surface area contributed by atoms with Crippen molar-refractivity contribution in [3.8, 4) is 35.3 Å². The summed E-state index contributed by atoms with van der Waals surface area (Å²) in [4.78, 5) is 18.5. The summed E-state index contributed by atoms with van der Waals surface area (Å²) >= 11 is 0. The highest BCUT2D eigenvalue weighted by Gasteiger charge is 2.26. The van der Waals surface area contributed by atoms with Gasteiger partial charge < -0.3 is 15.0 Å². The Kier molecular flexibility index (Phi) is 5.96. The minimum Gasteiger partial charge on any atom is -0.492 e. The topological polar surface area (TPSA) is 95.5 Å². The number of hydrogen-bond acceptors (Lipinski definition) is 6. The van der Waals surface area contributed by atoms with Crippen LogP contribution in [0, 0.1) is 29.6 Å². The quantitative estimate of drug-likeness (QED) is 0.628. The minimum absolute atomic E-state index is 0.0174. The number of fused-ring (bicyclic) bond motifs is 1. The van der Waals surface area contributed by atoms with Crippen molar-refractivity contribution in [3.05, 3.63) is 42.4 Å². The lowest BCUT2D eigenvalue weighted by molar-refractivity contribution is -0.116. The van der Waals surface area contributed by atoms with Gasteiger partial charge in [0.2, 0.25) is 0 Å². The molecule has 3 aromatic rings. The van der Waals surface area contributed by atoms with Gasteiger partial charge in [0.05, 0.1) is 30.1 Å². The summed E-state index contributed by atoms with van der Waals surface area (Å²) < 4.78 is 7.35. The number of nitrogens with one attached hydrogen (secondary N) is 1. The molecule has 32 heavy (non-hydrogen) atoms. The molecule has 1 amide bonds. The number of carbonyl (C=O) groups excluding carboxylic acids is 1. The van der Waals surface area contributed by atoms with Crippen LogP contribution in [-0.4, -0.2) is 46.2 Å². The Labute approximate surface area is 186 Å². The molecule has 0 radical (unpaired) electrons. The highest BCUT2D eigenvalue weighted by Crippen LogP contribution is 2.32. The molecule has 1 N–H and O–H groups in total. The van der Waals surface area contributed by atoms with Gasteiger partial charge in [0, 0.05) is 36.5 Å². The molecule has 8 heteroatoms. The van der Waals surface area contributed by atoms with E-state index in [2.05, 4.69) is 39.2 Å². The third kappa shape index (κ3) is 4.21.